The second-order valence-electron chi connectivity index (χ2n) is 4.23. The van der Waals surface area contributed by atoms with Gasteiger partial charge < -0.3 is 10.1 Å². The van der Waals surface area contributed by atoms with Crippen molar-refractivity contribution in [3.8, 4) is 0 Å². The highest BCUT2D eigenvalue weighted by atomic mass is 16.5. The van der Waals surface area contributed by atoms with E-state index in [0.717, 1.165) is 44.9 Å². The second-order valence-corrected chi connectivity index (χ2v) is 4.23. The number of aromatic nitrogens is 4. The van der Waals surface area contributed by atoms with Crippen molar-refractivity contribution in [2.45, 2.75) is 52.8 Å². The number of tetrazole rings is 1. The molecule has 0 radical (unpaired) electrons. The standard InChI is InChI=1S/C11H23N5O/c1-4-12-9-11-13-14-15-16(11)7-5-6-8-17-10(2)3/h10,12H,4-9H2,1-3H3. The van der Waals surface area contributed by atoms with E-state index in [9.17, 15) is 0 Å². The highest BCUT2D eigenvalue weighted by Gasteiger charge is 2.04. The number of hydrogen-bond acceptors (Lipinski definition) is 5. The molecule has 0 aromatic carbocycles. The predicted molar refractivity (Wildman–Crippen MR) is 65.5 cm³/mol. The quantitative estimate of drug-likeness (QED) is 0.653. The third-order valence-corrected chi connectivity index (χ3v) is 2.35. The van der Waals surface area contributed by atoms with Gasteiger partial charge in [0.2, 0.25) is 0 Å². The third kappa shape index (κ3) is 5.74. The highest BCUT2D eigenvalue weighted by Crippen LogP contribution is 1.99. The minimum Gasteiger partial charge on any atom is -0.379 e. The minimum atomic E-state index is 0.312. The van der Waals surface area contributed by atoms with Crippen LogP contribution in [0, 0.1) is 0 Å². The molecule has 1 aromatic rings. The molecule has 0 bridgehead atoms. The lowest BCUT2D eigenvalue weighted by molar-refractivity contribution is 0.0752. The summed E-state index contributed by atoms with van der Waals surface area (Å²) in [6.07, 6.45) is 2.39. The number of hydrogen-bond donors (Lipinski definition) is 1. The summed E-state index contributed by atoms with van der Waals surface area (Å²) in [6.45, 7) is 9.49. The third-order valence-electron chi connectivity index (χ3n) is 2.35. The minimum absolute atomic E-state index is 0.312. The fourth-order valence-electron chi connectivity index (χ4n) is 1.44. The molecule has 0 saturated carbocycles. The van der Waals surface area contributed by atoms with Crippen molar-refractivity contribution in [1.82, 2.24) is 25.5 Å². The Bertz CT molecular complexity index is 300. The summed E-state index contributed by atoms with van der Waals surface area (Å²) in [6, 6.07) is 0. The number of rotatable bonds is 9. The predicted octanol–water partition coefficient (Wildman–Crippen LogP) is 0.988. The van der Waals surface area contributed by atoms with Gasteiger partial charge >= 0.3 is 0 Å². The lowest BCUT2D eigenvalue weighted by Crippen LogP contribution is -2.17. The first-order valence-corrected chi connectivity index (χ1v) is 6.31. The SMILES string of the molecule is CCNCc1nnnn1CCCCOC(C)C. The topological polar surface area (TPSA) is 64.9 Å². The van der Waals surface area contributed by atoms with Crippen LogP contribution < -0.4 is 5.32 Å². The zero-order valence-corrected chi connectivity index (χ0v) is 11.0. The van der Waals surface area contributed by atoms with Gasteiger partial charge in [-0.1, -0.05) is 6.92 Å². The van der Waals surface area contributed by atoms with Crippen molar-refractivity contribution in [3.05, 3.63) is 5.82 Å². The van der Waals surface area contributed by atoms with E-state index in [2.05, 4.69) is 41.6 Å². The van der Waals surface area contributed by atoms with Crippen molar-refractivity contribution < 1.29 is 4.74 Å². The molecule has 1 N–H and O–H groups in total. The van der Waals surface area contributed by atoms with Crippen molar-refractivity contribution in [2.75, 3.05) is 13.2 Å². The molecule has 6 heteroatoms. The molecule has 17 heavy (non-hydrogen) atoms. The van der Waals surface area contributed by atoms with Gasteiger partial charge in [0.15, 0.2) is 5.82 Å². The Morgan fingerprint density at radius 3 is 2.88 bits per heavy atom. The summed E-state index contributed by atoms with van der Waals surface area (Å²) < 4.78 is 7.34. The average molecular weight is 241 g/mol. The molecule has 1 aromatic heterocycles. The van der Waals surface area contributed by atoms with E-state index >= 15 is 0 Å². The normalized spacial score (nSPS) is 11.3. The molecule has 1 rings (SSSR count). The number of ether oxygens (including phenoxy) is 1. The van der Waals surface area contributed by atoms with Gasteiger partial charge in [-0.15, -0.1) is 5.10 Å². The molecule has 0 aliphatic rings. The molecular weight excluding hydrogens is 218 g/mol. The molecule has 0 aliphatic carbocycles. The van der Waals surface area contributed by atoms with Crippen LogP contribution in [0.5, 0.6) is 0 Å². The van der Waals surface area contributed by atoms with E-state index < -0.39 is 0 Å². The second kappa shape index (κ2) is 8.14. The Balaban J connectivity index is 2.19. The monoisotopic (exact) mass is 241 g/mol. The van der Waals surface area contributed by atoms with Crippen LogP contribution in [-0.2, 0) is 17.8 Å². The number of nitrogens with zero attached hydrogens (tertiary/aromatic N) is 4. The zero-order chi connectivity index (χ0) is 12.5. The van der Waals surface area contributed by atoms with E-state index in [1.54, 1.807) is 0 Å². The summed E-state index contributed by atoms with van der Waals surface area (Å²) in [5.74, 6) is 0.900. The lowest BCUT2D eigenvalue weighted by atomic mass is 10.3. The first kappa shape index (κ1) is 14.1. The maximum Gasteiger partial charge on any atom is 0.165 e. The smallest absolute Gasteiger partial charge is 0.165 e. The molecule has 0 fully saturated rings. The van der Waals surface area contributed by atoms with Crippen LogP contribution >= 0.6 is 0 Å². The summed E-state index contributed by atoms with van der Waals surface area (Å²) in [4.78, 5) is 0. The van der Waals surface area contributed by atoms with Crippen molar-refractivity contribution >= 4 is 0 Å². The molecule has 0 saturated heterocycles. The fraction of sp³-hybridized carbons (Fsp3) is 0.909. The van der Waals surface area contributed by atoms with Gasteiger partial charge in [0.25, 0.3) is 0 Å². The molecule has 0 spiro atoms. The summed E-state index contributed by atoms with van der Waals surface area (Å²) in [7, 11) is 0. The maximum absolute atomic E-state index is 5.48. The van der Waals surface area contributed by atoms with E-state index in [0.29, 0.717) is 6.10 Å². The van der Waals surface area contributed by atoms with Gasteiger partial charge in [0, 0.05) is 13.2 Å². The number of unbranched alkanes of at least 4 members (excludes halogenated alkanes) is 1. The summed E-state index contributed by atoms with van der Waals surface area (Å²) >= 11 is 0. The van der Waals surface area contributed by atoms with Gasteiger partial charge in [-0.05, 0) is 43.7 Å². The maximum atomic E-state index is 5.48. The Morgan fingerprint density at radius 2 is 2.18 bits per heavy atom. The molecule has 0 amide bonds. The van der Waals surface area contributed by atoms with Crippen LogP contribution in [0.4, 0.5) is 0 Å². The first-order chi connectivity index (χ1) is 8.24. The molecule has 1 heterocycles. The Hall–Kier alpha value is -1.01. The Morgan fingerprint density at radius 1 is 1.35 bits per heavy atom. The van der Waals surface area contributed by atoms with Gasteiger partial charge in [0.1, 0.15) is 0 Å². The molecule has 0 unspecified atom stereocenters. The molecule has 98 valence electrons. The fourth-order valence-corrected chi connectivity index (χ4v) is 1.44. The molecule has 0 atom stereocenters. The van der Waals surface area contributed by atoms with E-state index in [1.165, 1.54) is 0 Å². The molecular formula is C11H23N5O. The van der Waals surface area contributed by atoms with E-state index in [1.807, 2.05) is 4.68 Å². The van der Waals surface area contributed by atoms with E-state index in [-0.39, 0.29) is 0 Å². The summed E-state index contributed by atoms with van der Waals surface area (Å²) in [5.41, 5.74) is 0. The van der Waals surface area contributed by atoms with Gasteiger partial charge in [-0.25, -0.2) is 4.68 Å². The van der Waals surface area contributed by atoms with E-state index in [4.69, 9.17) is 4.74 Å². The van der Waals surface area contributed by atoms with Gasteiger partial charge in [-0.3, -0.25) is 0 Å². The zero-order valence-electron chi connectivity index (χ0n) is 11.0. The molecule has 6 nitrogen and oxygen atoms in total. The average Bonchev–Trinajstić information content (AvgIpc) is 2.73. The Kier molecular flexibility index (Phi) is 6.73. The van der Waals surface area contributed by atoms with Crippen LogP contribution in [0.3, 0.4) is 0 Å². The Labute approximate surface area is 103 Å². The first-order valence-electron chi connectivity index (χ1n) is 6.31. The number of aryl methyl sites for hydroxylation is 1. The van der Waals surface area contributed by atoms with Crippen molar-refractivity contribution in [2.24, 2.45) is 0 Å². The van der Waals surface area contributed by atoms with Crippen LogP contribution in [0.1, 0.15) is 39.4 Å². The van der Waals surface area contributed by atoms with Gasteiger partial charge in [-0.2, -0.15) is 0 Å². The van der Waals surface area contributed by atoms with Crippen LogP contribution in [0.15, 0.2) is 0 Å². The van der Waals surface area contributed by atoms with Crippen LogP contribution in [0.2, 0.25) is 0 Å². The van der Waals surface area contributed by atoms with Crippen LogP contribution in [-0.4, -0.2) is 39.5 Å². The van der Waals surface area contributed by atoms with Crippen LogP contribution in [0.25, 0.3) is 0 Å². The number of nitrogens with one attached hydrogen (secondary N) is 1. The lowest BCUT2D eigenvalue weighted by Gasteiger charge is -2.07. The summed E-state index contributed by atoms with van der Waals surface area (Å²) in [5, 5.41) is 14.9. The highest BCUT2D eigenvalue weighted by molar-refractivity contribution is 4.79. The largest absolute Gasteiger partial charge is 0.379 e. The molecule has 0 aliphatic heterocycles. The van der Waals surface area contributed by atoms with Crippen molar-refractivity contribution in [1.29, 1.82) is 0 Å². The van der Waals surface area contributed by atoms with Gasteiger partial charge in [0.05, 0.1) is 12.6 Å². The van der Waals surface area contributed by atoms with Crippen molar-refractivity contribution in [3.63, 3.8) is 0 Å².